The number of hydrogen-bond acceptors (Lipinski definition) is 3. The summed E-state index contributed by atoms with van der Waals surface area (Å²) < 4.78 is 6.11. The lowest BCUT2D eigenvalue weighted by Crippen LogP contribution is -2.39. The first kappa shape index (κ1) is 16.8. The summed E-state index contributed by atoms with van der Waals surface area (Å²) in [5, 5.41) is 2.37. The number of nitrogens with zero attached hydrogens (tertiary/aromatic N) is 1. The fourth-order valence-electron chi connectivity index (χ4n) is 3.97. The number of aryl methyl sites for hydroxylation is 1. The normalized spacial score (nSPS) is 19.3. The highest BCUT2D eigenvalue weighted by Gasteiger charge is 2.35. The van der Waals surface area contributed by atoms with E-state index in [1.807, 2.05) is 24.3 Å². The molecule has 0 amide bonds. The van der Waals surface area contributed by atoms with Crippen molar-refractivity contribution in [3.05, 3.63) is 83.4 Å². The molecule has 0 unspecified atom stereocenters. The number of carbonyl (C=O) groups is 1. The minimum absolute atomic E-state index is 0.168. The molecule has 3 aromatic rings. The van der Waals surface area contributed by atoms with E-state index in [1.165, 1.54) is 16.3 Å². The van der Waals surface area contributed by atoms with Crippen molar-refractivity contribution < 1.29 is 9.53 Å². The SMILES string of the molecule is CN(C)[C@@H]1CCc2ccc3ccccc3c2[C@@H]1OC(=O)c1ccccc1. The van der Waals surface area contributed by atoms with E-state index in [0.29, 0.717) is 5.56 Å². The Bertz CT molecular complexity index is 933. The molecule has 26 heavy (non-hydrogen) atoms. The Hall–Kier alpha value is -2.65. The second-order valence-corrected chi connectivity index (χ2v) is 7.12. The molecule has 0 aliphatic heterocycles. The van der Waals surface area contributed by atoms with Gasteiger partial charge < -0.3 is 9.64 Å². The van der Waals surface area contributed by atoms with E-state index in [9.17, 15) is 4.79 Å². The van der Waals surface area contributed by atoms with Gasteiger partial charge in [-0.3, -0.25) is 0 Å². The molecule has 0 spiro atoms. The minimum atomic E-state index is -0.271. The average molecular weight is 345 g/mol. The average Bonchev–Trinajstić information content (AvgIpc) is 2.68. The number of fused-ring (bicyclic) bond motifs is 3. The topological polar surface area (TPSA) is 29.5 Å². The van der Waals surface area contributed by atoms with E-state index in [0.717, 1.165) is 18.4 Å². The molecule has 1 aliphatic rings. The molecular weight excluding hydrogens is 322 g/mol. The summed E-state index contributed by atoms with van der Waals surface area (Å²) in [5.41, 5.74) is 3.04. The Labute approximate surface area is 154 Å². The smallest absolute Gasteiger partial charge is 0.338 e. The Morgan fingerprint density at radius 2 is 1.69 bits per heavy atom. The van der Waals surface area contributed by atoms with Gasteiger partial charge in [-0.25, -0.2) is 4.79 Å². The Morgan fingerprint density at radius 1 is 0.962 bits per heavy atom. The molecule has 0 fully saturated rings. The Kier molecular flexibility index (Phi) is 4.48. The molecule has 3 heteroatoms. The van der Waals surface area contributed by atoms with Crippen LogP contribution >= 0.6 is 0 Å². The quantitative estimate of drug-likeness (QED) is 0.649. The largest absolute Gasteiger partial charge is 0.452 e. The van der Waals surface area contributed by atoms with Crippen molar-refractivity contribution in [1.82, 2.24) is 4.90 Å². The molecule has 0 saturated carbocycles. The fraction of sp³-hybridized carbons (Fsp3) is 0.261. The first-order valence-electron chi connectivity index (χ1n) is 9.08. The van der Waals surface area contributed by atoms with Crippen LogP contribution in [0.5, 0.6) is 0 Å². The van der Waals surface area contributed by atoms with Crippen molar-refractivity contribution in [1.29, 1.82) is 0 Å². The van der Waals surface area contributed by atoms with Crippen LogP contribution in [0.2, 0.25) is 0 Å². The van der Waals surface area contributed by atoms with Crippen LogP contribution in [0.3, 0.4) is 0 Å². The summed E-state index contributed by atoms with van der Waals surface area (Å²) in [5.74, 6) is -0.261. The summed E-state index contributed by atoms with van der Waals surface area (Å²) >= 11 is 0. The molecule has 1 aliphatic carbocycles. The van der Waals surface area contributed by atoms with Gasteiger partial charge in [-0.2, -0.15) is 0 Å². The summed E-state index contributed by atoms with van der Waals surface area (Å²) in [7, 11) is 4.12. The molecule has 0 heterocycles. The highest BCUT2D eigenvalue weighted by atomic mass is 16.5. The zero-order valence-electron chi connectivity index (χ0n) is 15.2. The standard InChI is InChI=1S/C23H23NO2/c1-24(2)20-15-14-17-13-12-16-8-6-7-11-19(16)21(17)22(20)26-23(25)18-9-4-3-5-10-18/h3-13,20,22H,14-15H2,1-2H3/t20-,22-/m1/s1. The first-order chi connectivity index (χ1) is 12.6. The minimum Gasteiger partial charge on any atom is -0.452 e. The van der Waals surface area contributed by atoms with Crippen LogP contribution < -0.4 is 0 Å². The maximum atomic E-state index is 12.8. The molecule has 0 radical (unpaired) electrons. The van der Waals surface area contributed by atoms with Crippen molar-refractivity contribution >= 4 is 16.7 Å². The van der Waals surface area contributed by atoms with Gasteiger partial charge in [-0.15, -0.1) is 0 Å². The molecule has 2 atom stereocenters. The van der Waals surface area contributed by atoms with Gasteiger partial charge >= 0.3 is 5.97 Å². The fourth-order valence-corrected chi connectivity index (χ4v) is 3.97. The number of likely N-dealkylation sites (N-methyl/N-ethyl adjacent to an activating group) is 1. The van der Waals surface area contributed by atoms with Crippen LogP contribution in [-0.4, -0.2) is 31.0 Å². The Morgan fingerprint density at radius 3 is 2.46 bits per heavy atom. The zero-order chi connectivity index (χ0) is 18.1. The van der Waals surface area contributed by atoms with Crippen LogP contribution in [0.15, 0.2) is 66.7 Å². The van der Waals surface area contributed by atoms with Gasteiger partial charge in [0, 0.05) is 5.56 Å². The highest BCUT2D eigenvalue weighted by molar-refractivity contribution is 5.91. The maximum absolute atomic E-state index is 12.8. The van der Waals surface area contributed by atoms with Crippen molar-refractivity contribution in [2.45, 2.75) is 25.0 Å². The van der Waals surface area contributed by atoms with E-state index in [4.69, 9.17) is 4.74 Å². The van der Waals surface area contributed by atoms with Crippen molar-refractivity contribution in [2.75, 3.05) is 14.1 Å². The first-order valence-corrected chi connectivity index (χ1v) is 9.08. The summed E-state index contributed by atoms with van der Waals surface area (Å²) in [6.45, 7) is 0. The highest BCUT2D eigenvalue weighted by Crippen LogP contribution is 2.39. The lowest BCUT2D eigenvalue weighted by atomic mass is 9.82. The molecule has 0 aromatic heterocycles. The van der Waals surface area contributed by atoms with Crippen LogP contribution in [0.1, 0.15) is 34.0 Å². The van der Waals surface area contributed by atoms with E-state index in [2.05, 4.69) is 49.3 Å². The molecule has 0 bridgehead atoms. The summed E-state index contributed by atoms with van der Waals surface area (Å²) in [6.07, 6.45) is 1.71. The van der Waals surface area contributed by atoms with E-state index >= 15 is 0 Å². The summed E-state index contributed by atoms with van der Waals surface area (Å²) in [4.78, 5) is 15.0. The van der Waals surface area contributed by atoms with Crippen LogP contribution in [-0.2, 0) is 11.2 Å². The number of carbonyl (C=O) groups excluding carboxylic acids is 1. The number of rotatable bonds is 3. The number of esters is 1. The van der Waals surface area contributed by atoms with Crippen molar-refractivity contribution in [2.24, 2.45) is 0 Å². The van der Waals surface area contributed by atoms with Crippen LogP contribution in [0.25, 0.3) is 10.8 Å². The Balaban J connectivity index is 1.80. The maximum Gasteiger partial charge on any atom is 0.338 e. The second kappa shape index (κ2) is 6.93. The monoisotopic (exact) mass is 345 g/mol. The van der Waals surface area contributed by atoms with Gasteiger partial charge in [-0.1, -0.05) is 54.6 Å². The molecule has 0 N–H and O–H groups in total. The third-order valence-corrected chi connectivity index (χ3v) is 5.31. The number of ether oxygens (including phenoxy) is 1. The molecule has 0 saturated heterocycles. The molecule has 132 valence electrons. The molecule has 3 aromatic carbocycles. The second-order valence-electron chi connectivity index (χ2n) is 7.12. The van der Waals surface area contributed by atoms with Gasteiger partial charge in [0.1, 0.15) is 6.10 Å². The lowest BCUT2D eigenvalue weighted by Gasteiger charge is -2.37. The predicted molar refractivity (Wildman–Crippen MR) is 104 cm³/mol. The van der Waals surface area contributed by atoms with Crippen molar-refractivity contribution in [3.63, 3.8) is 0 Å². The van der Waals surface area contributed by atoms with Crippen molar-refractivity contribution in [3.8, 4) is 0 Å². The third kappa shape index (κ3) is 2.99. The van der Waals surface area contributed by atoms with Gasteiger partial charge in [0.25, 0.3) is 0 Å². The van der Waals surface area contributed by atoms with Gasteiger partial charge in [0.15, 0.2) is 0 Å². The van der Waals surface area contributed by atoms with E-state index in [-0.39, 0.29) is 18.1 Å². The molecule has 3 nitrogen and oxygen atoms in total. The van der Waals surface area contributed by atoms with Gasteiger partial charge in [0.05, 0.1) is 11.6 Å². The lowest BCUT2D eigenvalue weighted by molar-refractivity contribution is 0.00121. The molecule has 4 rings (SSSR count). The van der Waals surface area contributed by atoms with Gasteiger partial charge in [0.2, 0.25) is 0 Å². The van der Waals surface area contributed by atoms with E-state index < -0.39 is 0 Å². The van der Waals surface area contributed by atoms with Crippen LogP contribution in [0, 0.1) is 0 Å². The van der Waals surface area contributed by atoms with Crippen LogP contribution in [0.4, 0.5) is 0 Å². The predicted octanol–water partition coefficient (Wildman–Crippen LogP) is 4.61. The number of hydrogen-bond donors (Lipinski definition) is 0. The summed E-state index contributed by atoms with van der Waals surface area (Å²) in [6, 6.07) is 22.1. The zero-order valence-corrected chi connectivity index (χ0v) is 15.2. The van der Waals surface area contributed by atoms with Gasteiger partial charge in [-0.05, 0) is 55.4 Å². The van der Waals surface area contributed by atoms with E-state index in [1.54, 1.807) is 12.1 Å². The number of benzene rings is 3. The third-order valence-electron chi connectivity index (χ3n) is 5.31. The molecular formula is C23H23NO2.